The molecule has 0 bridgehead atoms. The molecule has 1 aromatic rings. The van der Waals surface area contributed by atoms with Crippen molar-refractivity contribution in [2.45, 2.75) is 0 Å². The molecule has 0 aromatic heterocycles. The number of nitrogen functional groups attached to an aromatic ring is 1. The number of anilines is 2. The molecular formula is C9H13N3O2. The summed E-state index contributed by atoms with van der Waals surface area (Å²) in [6.07, 6.45) is 0. The van der Waals surface area contributed by atoms with Crippen LogP contribution in [0.25, 0.3) is 0 Å². The second-order valence-electron chi connectivity index (χ2n) is 2.81. The van der Waals surface area contributed by atoms with E-state index in [1.807, 2.05) is 0 Å². The van der Waals surface area contributed by atoms with Crippen molar-refractivity contribution in [2.75, 3.05) is 24.7 Å². The van der Waals surface area contributed by atoms with E-state index >= 15 is 0 Å². The third-order valence-corrected chi connectivity index (χ3v) is 1.63. The molecule has 0 saturated carbocycles. The summed E-state index contributed by atoms with van der Waals surface area (Å²) in [7, 11) is 1.55. The van der Waals surface area contributed by atoms with Gasteiger partial charge in [-0.3, -0.25) is 4.79 Å². The van der Waals surface area contributed by atoms with Crippen molar-refractivity contribution in [2.24, 2.45) is 5.73 Å². The van der Waals surface area contributed by atoms with Crippen molar-refractivity contribution in [3.63, 3.8) is 0 Å². The maximum atomic E-state index is 10.5. The van der Waals surface area contributed by atoms with Crippen molar-refractivity contribution in [1.82, 2.24) is 0 Å². The molecule has 0 saturated heterocycles. The Morgan fingerprint density at radius 3 is 2.79 bits per heavy atom. The van der Waals surface area contributed by atoms with E-state index in [0.29, 0.717) is 17.1 Å². The van der Waals surface area contributed by atoms with Gasteiger partial charge in [0.25, 0.3) is 0 Å². The predicted octanol–water partition coefficient (Wildman–Crippen LogP) is 0.175. The number of ether oxygens (including phenoxy) is 1. The Hall–Kier alpha value is -1.91. The Bertz CT molecular complexity index is 339. The molecule has 0 aliphatic carbocycles. The van der Waals surface area contributed by atoms with Gasteiger partial charge >= 0.3 is 0 Å². The summed E-state index contributed by atoms with van der Waals surface area (Å²) in [6, 6.07) is 5.13. The average Bonchev–Trinajstić information content (AvgIpc) is 2.14. The van der Waals surface area contributed by atoms with Gasteiger partial charge in [0, 0.05) is 23.5 Å². The molecule has 0 aliphatic rings. The van der Waals surface area contributed by atoms with E-state index in [0.717, 1.165) is 0 Å². The third kappa shape index (κ3) is 2.85. The number of nitrogens with two attached hydrogens (primary N) is 2. The fourth-order valence-corrected chi connectivity index (χ4v) is 1.03. The van der Waals surface area contributed by atoms with Crippen LogP contribution in [0.2, 0.25) is 0 Å². The van der Waals surface area contributed by atoms with E-state index in [2.05, 4.69) is 5.32 Å². The smallest absolute Gasteiger partial charge is 0.236 e. The van der Waals surface area contributed by atoms with Gasteiger partial charge in [-0.1, -0.05) is 0 Å². The molecule has 0 unspecified atom stereocenters. The minimum Gasteiger partial charge on any atom is -0.497 e. The first-order valence-electron chi connectivity index (χ1n) is 4.08. The summed E-state index contributed by atoms with van der Waals surface area (Å²) >= 11 is 0. The lowest BCUT2D eigenvalue weighted by molar-refractivity contribution is -0.116. The fraction of sp³-hybridized carbons (Fsp3) is 0.222. The summed E-state index contributed by atoms with van der Waals surface area (Å²) in [4.78, 5) is 10.5. The monoisotopic (exact) mass is 195 g/mol. The Kier molecular flexibility index (Phi) is 3.17. The molecule has 0 radical (unpaired) electrons. The van der Waals surface area contributed by atoms with Crippen LogP contribution in [0.3, 0.4) is 0 Å². The second-order valence-corrected chi connectivity index (χ2v) is 2.81. The normalized spacial score (nSPS) is 9.50. The van der Waals surface area contributed by atoms with Crippen LogP contribution in [0.15, 0.2) is 18.2 Å². The SMILES string of the molecule is COc1cc(N)cc(NCC(N)=O)c1. The molecule has 76 valence electrons. The van der Waals surface area contributed by atoms with Crippen molar-refractivity contribution in [1.29, 1.82) is 0 Å². The van der Waals surface area contributed by atoms with E-state index in [9.17, 15) is 4.79 Å². The molecule has 0 spiro atoms. The maximum Gasteiger partial charge on any atom is 0.236 e. The molecule has 14 heavy (non-hydrogen) atoms. The number of carbonyl (C=O) groups excluding carboxylic acids is 1. The minimum atomic E-state index is -0.425. The molecule has 0 heterocycles. The number of rotatable bonds is 4. The highest BCUT2D eigenvalue weighted by atomic mass is 16.5. The van der Waals surface area contributed by atoms with Gasteiger partial charge in [0.1, 0.15) is 5.75 Å². The van der Waals surface area contributed by atoms with E-state index in [1.54, 1.807) is 25.3 Å². The topological polar surface area (TPSA) is 90.4 Å². The average molecular weight is 195 g/mol. The van der Waals surface area contributed by atoms with Gasteiger partial charge in [-0.05, 0) is 6.07 Å². The number of benzene rings is 1. The van der Waals surface area contributed by atoms with Crippen molar-refractivity contribution >= 4 is 17.3 Å². The number of nitrogens with one attached hydrogen (secondary N) is 1. The number of primary amides is 1. The lowest BCUT2D eigenvalue weighted by atomic mass is 10.2. The summed E-state index contributed by atoms with van der Waals surface area (Å²) in [5.74, 6) is 0.211. The molecule has 0 fully saturated rings. The van der Waals surface area contributed by atoms with Gasteiger partial charge in [0.05, 0.1) is 13.7 Å². The molecule has 5 nitrogen and oxygen atoms in total. The zero-order valence-electron chi connectivity index (χ0n) is 7.91. The number of hydrogen-bond donors (Lipinski definition) is 3. The van der Waals surface area contributed by atoms with Crippen molar-refractivity contribution in [3.05, 3.63) is 18.2 Å². The molecule has 0 atom stereocenters. The van der Waals surface area contributed by atoms with Gasteiger partial charge in [-0.2, -0.15) is 0 Å². The first kappa shape index (κ1) is 10.2. The third-order valence-electron chi connectivity index (χ3n) is 1.63. The van der Waals surface area contributed by atoms with Gasteiger partial charge in [0.15, 0.2) is 0 Å². The Morgan fingerprint density at radius 2 is 2.21 bits per heavy atom. The van der Waals surface area contributed by atoms with E-state index in [4.69, 9.17) is 16.2 Å². The summed E-state index contributed by atoms with van der Waals surface area (Å²) in [6.45, 7) is 0.0760. The molecule has 1 amide bonds. The van der Waals surface area contributed by atoms with Crippen LogP contribution in [-0.4, -0.2) is 19.6 Å². The molecule has 1 rings (SSSR count). The molecule has 5 N–H and O–H groups in total. The Morgan fingerprint density at radius 1 is 1.50 bits per heavy atom. The number of carbonyl (C=O) groups is 1. The highest BCUT2D eigenvalue weighted by molar-refractivity contribution is 5.79. The van der Waals surface area contributed by atoms with Crippen LogP contribution in [0.5, 0.6) is 5.75 Å². The lowest BCUT2D eigenvalue weighted by Crippen LogP contribution is -2.21. The second kappa shape index (κ2) is 4.36. The standard InChI is InChI=1S/C9H13N3O2/c1-14-8-3-6(10)2-7(4-8)12-5-9(11)13/h2-4,12H,5,10H2,1H3,(H2,11,13). The number of methoxy groups -OCH3 is 1. The summed E-state index contributed by atoms with van der Waals surface area (Å²) < 4.78 is 5.01. The van der Waals surface area contributed by atoms with Gasteiger partial charge in [-0.15, -0.1) is 0 Å². The van der Waals surface area contributed by atoms with Crippen LogP contribution in [0, 0.1) is 0 Å². The Balaban J connectivity index is 2.76. The fourth-order valence-electron chi connectivity index (χ4n) is 1.03. The van der Waals surface area contributed by atoms with E-state index < -0.39 is 5.91 Å². The van der Waals surface area contributed by atoms with Crippen molar-refractivity contribution in [3.8, 4) is 5.75 Å². The minimum absolute atomic E-state index is 0.0760. The van der Waals surface area contributed by atoms with Crippen molar-refractivity contribution < 1.29 is 9.53 Å². The Labute approximate surface area is 82.0 Å². The van der Waals surface area contributed by atoms with Gasteiger partial charge in [0.2, 0.25) is 5.91 Å². The first-order valence-corrected chi connectivity index (χ1v) is 4.08. The highest BCUT2D eigenvalue weighted by Crippen LogP contribution is 2.21. The summed E-state index contributed by atoms with van der Waals surface area (Å²) in [5, 5.41) is 2.83. The maximum absolute atomic E-state index is 10.5. The van der Waals surface area contributed by atoms with Crippen LogP contribution in [-0.2, 0) is 4.79 Å². The van der Waals surface area contributed by atoms with Crippen LogP contribution < -0.4 is 21.5 Å². The number of amides is 1. The van der Waals surface area contributed by atoms with E-state index in [1.165, 1.54) is 0 Å². The van der Waals surface area contributed by atoms with Crippen LogP contribution in [0.1, 0.15) is 0 Å². The quantitative estimate of drug-likeness (QED) is 0.597. The molecule has 1 aromatic carbocycles. The van der Waals surface area contributed by atoms with Gasteiger partial charge in [-0.25, -0.2) is 0 Å². The lowest BCUT2D eigenvalue weighted by Gasteiger charge is -2.07. The molecule has 0 aliphatic heterocycles. The largest absolute Gasteiger partial charge is 0.497 e. The highest BCUT2D eigenvalue weighted by Gasteiger charge is 1.99. The zero-order valence-corrected chi connectivity index (χ0v) is 7.91. The molecular weight excluding hydrogens is 182 g/mol. The predicted molar refractivity (Wildman–Crippen MR) is 55.1 cm³/mol. The summed E-state index contributed by atoms with van der Waals surface area (Å²) in [5.41, 5.74) is 11.9. The zero-order chi connectivity index (χ0) is 10.6. The van der Waals surface area contributed by atoms with Gasteiger partial charge < -0.3 is 21.5 Å². The first-order chi connectivity index (χ1) is 6.61. The van der Waals surface area contributed by atoms with Crippen LogP contribution >= 0.6 is 0 Å². The van der Waals surface area contributed by atoms with E-state index in [-0.39, 0.29) is 6.54 Å². The molecule has 5 heteroatoms. The number of hydrogen-bond acceptors (Lipinski definition) is 4. The van der Waals surface area contributed by atoms with Crippen LogP contribution in [0.4, 0.5) is 11.4 Å².